The van der Waals surface area contributed by atoms with Crippen molar-refractivity contribution in [1.29, 1.82) is 0 Å². The second-order valence-corrected chi connectivity index (χ2v) is 3.44. The molecule has 2 aromatic carbocycles. The van der Waals surface area contributed by atoms with Crippen LogP contribution in [0.4, 0.5) is 26.3 Å². The Morgan fingerprint density at radius 3 is 1.04 bits per heavy atom. The van der Waals surface area contributed by atoms with E-state index in [4.69, 9.17) is 10.2 Å². The van der Waals surface area contributed by atoms with Gasteiger partial charge in [0.1, 0.15) is 11.6 Å². The molecule has 0 bridgehead atoms. The van der Waals surface area contributed by atoms with Crippen LogP contribution >= 0.6 is 0 Å². The number of rotatable bonds is 0. The first-order valence-corrected chi connectivity index (χ1v) is 4.89. The quantitative estimate of drug-likeness (QED) is 0.342. The molecule has 0 radical (unpaired) electrons. The van der Waals surface area contributed by atoms with E-state index in [0.717, 1.165) is 0 Å². The first-order valence-electron chi connectivity index (χ1n) is 4.89. The SMILES string of the molecule is Oc1cc(F)cc(F)c1F.Oc1cc(F)cc(F)c1F.[Cl-].[Cl-].[Zr+2]. The van der Waals surface area contributed by atoms with E-state index in [1.165, 1.54) is 0 Å². The molecule has 0 saturated heterocycles. The number of hydrogen-bond donors (Lipinski definition) is 2. The standard InChI is InChI=1S/2C6H3F3O.2ClH.Zr/c2*7-3-1-4(8)6(9)5(10)2-3;;;/h2*1-2,10H;2*1H;/q;;;;+2/p-2. The Bertz CT molecular complexity index is 543. The van der Waals surface area contributed by atoms with Crippen LogP contribution in [0.15, 0.2) is 24.3 Å². The van der Waals surface area contributed by atoms with Crippen molar-refractivity contribution in [2.24, 2.45) is 0 Å². The molecular formula is C12H6Cl2F6O2Zr. The van der Waals surface area contributed by atoms with Gasteiger partial charge in [-0.05, 0) is 0 Å². The molecule has 0 saturated carbocycles. The molecule has 23 heavy (non-hydrogen) atoms. The van der Waals surface area contributed by atoms with Gasteiger partial charge in [0.15, 0.2) is 23.1 Å². The van der Waals surface area contributed by atoms with E-state index in [-0.39, 0.29) is 51.0 Å². The van der Waals surface area contributed by atoms with Gasteiger partial charge in [0.25, 0.3) is 0 Å². The summed E-state index contributed by atoms with van der Waals surface area (Å²) in [7, 11) is 0. The molecule has 0 aliphatic rings. The Kier molecular flexibility index (Phi) is 13.6. The summed E-state index contributed by atoms with van der Waals surface area (Å²) in [4.78, 5) is 0. The van der Waals surface area contributed by atoms with Gasteiger partial charge in [-0.1, -0.05) is 0 Å². The number of aromatic hydroxyl groups is 2. The van der Waals surface area contributed by atoms with Crippen molar-refractivity contribution in [3.63, 3.8) is 0 Å². The van der Waals surface area contributed by atoms with Crippen LogP contribution in [0.1, 0.15) is 0 Å². The first kappa shape index (κ1) is 27.0. The van der Waals surface area contributed by atoms with E-state index in [0.29, 0.717) is 24.3 Å². The van der Waals surface area contributed by atoms with Crippen LogP contribution in [-0.4, -0.2) is 10.2 Å². The molecule has 11 heteroatoms. The van der Waals surface area contributed by atoms with Gasteiger partial charge in [0.05, 0.1) is 0 Å². The summed E-state index contributed by atoms with van der Waals surface area (Å²) in [6.45, 7) is 0. The van der Waals surface area contributed by atoms with E-state index >= 15 is 0 Å². The van der Waals surface area contributed by atoms with Crippen LogP contribution in [-0.2, 0) is 26.2 Å². The van der Waals surface area contributed by atoms with Gasteiger partial charge < -0.3 is 35.0 Å². The summed E-state index contributed by atoms with van der Waals surface area (Å²) >= 11 is 0. The van der Waals surface area contributed by atoms with Crippen LogP contribution in [0.25, 0.3) is 0 Å². The average molecular weight is 458 g/mol. The van der Waals surface area contributed by atoms with Crippen molar-refractivity contribution in [1.82, 2.24) is 0 Å². The molecule has 126 valence electrons. The molecule has 0 spiro atoms. The van der Waals surface area contributed by atoms with Crippen molar-refractivity contribution in [2.45, 2.75) is 0 Å². The van der Waals surface area contributed by atoms with E-state index < -0.39 is 46.4 Å². The van der Waals surface area contributed by atoms with Crippen LogP contribution in [0.2, 0.25) is 0 Å². The summed E-state index contributed by atoms with van der Waals surface area (Å²) in [6, 6.07) is 1.71. The van der Waals surface area contributed by atoms with E-state index in [1.54, 1.807) is 0 Å². The second kappa shape index (κ2) is 11.6. The summed E-state index contributed by atoms with van der Waals surface area (Å²) in [6.07, 6.45) is 0. The van der Waals surface area contributed by atoms with E-state index in [1.807, 2.05) is 0 Å². The molecule has 0 amide bonds. The van der Waals surface area contributed by atoms with Crippen molar-refractivity contribution >= 4 is 0 Å². The van der Waals surface area contributed by atoms with E-state index in [2.05, 4.69) is 0 Å². The van der Waals surface area contributed by atoms with Gasteiger partial charge in [-0.3, -0.25) is 0 Å². The molecule has 0 unspecified atom stereocenters. The molecule has 0 aromatic heterocycles. The summed E-state index contributed by atoms with van der Waals surface area (Å²) in [5.41, 5.74) is 0. The fourth-order valence-electron chi connectivity index (χ4n) is 1.08. The van der Waals surface area contributed by atoms with Crippen LogP contribution < -0.4 is 24.8 Å². The zero-order chi connectivity index (χ0) is 15.4. The minimum absolute atomic E-state index is 0. The Labute approximate surface area is 158 Å². The van der Waals surface area contributed by atoms with Crippen LogP contribution in [0.3, 0.4) is 0 Å². The zero-order valence-electron chi connectivity index (χ0n) is 10.7. The molecule has 0 aliphatic carbocycles. The fraction of sp³-hybridized carbons (Fsp3) is 0. The molecule has 0 aliphatic heterocycles. The van der Waals surface area contributed by atoms with Gasteiger partial charge in [0.2, 0.25) is 11.6 Å². The molecule has 0 heterocycles. The van der Waals surface area contributed by atoms with Gasteiger partial charge >= 0.3 is 26.2 Å². The smallest absolute Gasteiger partial charge is 1.00 e. The predicted octanol–water partition coefficient (Wildman–Crippen LogP) is -2.38. The number of phenolic OH excluding ortho intramolecular Hbond substituents is 2. The minimum Gasteiger partial charge on any atom is -1.00 e. The first-order chi connectivity index (χ1) is 9.22. The van der Waals surface area contributed by atoms with Crippen molar-refractivity contribution < 1.29 is 87.6 Å². The fourth-order valence-corrected chi connectivity index (χ4v) is 1.08. The maximum absolute atomic E-state index is 12.1. The Morgan fingerprint density at radius 1 is 0.565 bits per heavy atom. The number of phenols is 2. The van der Waals surface area contributed by atoms with Gasteiger partial charge in [-0.15, -0.1) is 0 Å². The van der Waals surface area contributed by atoms with Crippen molar-refractivity contribution in [3.05, 3.63) is 59.2 Å². The normalized spacial score (nSPS) is 8.61. The number of benzene rings is 2. The molecule has 2 N–H and O–H groups in total. The van der Waals surface area contributed by atoms with Gasteiger partial charge in [-0.25, -0.2) is 17.6 Å². The molecule has 0 atom stereocenters. The Balaban J connectivity index is -0.000000308. The molecular weight excluding hydrogens is 452 g/mol. The Hall–Kier alpha value is -0.917. The van der Waals surface area contributed by atoms with Gasteiger partial charge in [0, 0.05) is 24.3 Å². The van der Waals surface area contributed by atoms with Crippen molar-refractivity contribution in [2.75, 3.05) is 0 Å². The maximum Gasteiger partial charge on any atom is 2.00 e. The third kappa shape index (κ3) is 7.95. The zero-order valence-corrected chi connectivity index (χ0v) is 14.7. The largest absolute Gasteiger partial charge is 2.00 e. The average Bonchev–Trinajstić information content (AvgIpc) is 2.33. The topological polar surface area (TPSA) is 40.5 Å². The molecule has 2 aromatic rings. The summed E-state index contributed by atoms with van der Waals surface area (Å²) < 4.78 is 72.5. The van der Waals surface area contributed by atoms with Crippen LogP contribution in [0.5, 0.6) is 11.5 Å². The van der Waals surface area contributed by atoms with Crippen molar-refractivity contribution in [3.8, 4) is 11.5 Å². The monoisotopic (exact) mass is 456 g/mol. The molecule has 2 nitrogen and oxygen atoms in total. The van der Waals surface area contributed by atoms with Gasteiger partial charge in [-0.2, -0.15) is 8.78 Å². The predicted molar refractivity (Wildman–Crippen MR) is 56.0 cm³/mol. The number of hydrogen-bond acceptors (Lipinski definition) is 2. The molecule has 0 fully saturated rings. The molecule has 2 rings (SSSR count). The summed E-state index contributed by atoms with van der Waals surface area (Å²) in [5.74, 6) is -9.68. The third-order valence-electron chi connectivity index (χ3n) is 1.95. The number of halogens is 8. The minimum atomic E-state index is -1.43. The third-order valence-corrected chi connectivity index (χ3v) is 1.95. The summed E-state index contributed by atoms with van der Waals surface area (Å²) in [5, 5.41) is 16.9. The maximum atomic E-state index is 12.1. The van der Waals surface area contributed by atoms with E-state index in [9.17, 15) is 26.3 Å². The Morgan fingerprint density at radius 2 is 0.826 bits per heavy atom. The van der Waals surface area contributed by atoms with Crippen LogP contribution in [0, 0.1) is 34.9 Å². The second-order valence-electron chi connectivity index (χ2n) is 3.44.